The number of rotatable bonds is 7. The van der Waals surface area contributed by atoms with Crippen LogP contribution in [0, 0.1) is 0 Å². The molecule has 0 aliphatic carbocycles. The Bertz CT molecular complexity index is 1110. The molecule has 0 unspecified atom stereocenters. The van der Waals surface area contributed by atoms with Crippen molar-refractivity contribution in [2.75, 3.05) is 11.5 Å². The molecule has 2 aromatic rings. The first kappa shape index (κ1) is 21.8. The van der Waals surface area contributed by atoms with Crippen molar-refractivity contribution in [2.45, 2.75) is 6.42 Å². The predicted octanol–water partition coefficient (Wildman–Crippen LogP) is 3.20. The standard InChI is InChI=1S/C22H17ClN2O6/c1-2-3-14-10-13(4-9-18(14)31-12-19(26)27)11-17-20(28)24-22(30)25(21(17)29)16-7-5-15(23)6-8-16/h2,4-11H,1,3,12H2,(H,26,27)(H,24,28,30)/b17-11+. The van der Waals surface area contributed by atoms with Crippen molar-refractivity contribution in [1.82, 2.24) is 5.32 Å². The molecule has 1 saturated heterocycles. The van der Waals surface area contributed by atoms with Crippen molar-refractivity contribution in [2.24, 2.45) is 0 Å². The molecule has 31 heavy (non-hydrogen) atoms. The van der Waals surface area contributed by atoms with Crippen molar-refractivity contribution >= 4 is 47.2 Å². The van der Waals surface area contributed by atoms with Gasteiger partial charge in [0, 0.05) is 5.02 Å². The van der Waals surface area contributed by atoms with E-state index in [1.807, 2.05) is 0 Å². The Morgan fingerprint density at radius 2 is 1.87 bits per heavy atom. The fraction of sp³-hybridized carbons (Fsp3) is 0.0909. The fourth-order valence-corrected chi connectivity index (χ4v) is 3.06. The highest BCUT2D eigenvalue weighted by Crippen LogP contribution is 2.26. The Morgan fingerprint density at radius 1 is 1.16 bits per heavy atom. The van der Waals surface area contributed by atoms with Crippen LogP contribution in [0.25, 0.3) is 6.08 Å². The Labute approximate surface area is 182 Å². The quantitative estimate of drug-likeness (QED) is 0.388. The molecule has 0 spiro atoms. The van der Waals surface area contributed by atoms with Crippen LogP contribution in [-0.4, -0.2) is 35.5 Å². The van der Waals surface area contributed by atoms with E-state index < -0.39 is 30.4 Å². The summed E-state index contributed by atoms with van der Waals surface area (Å²) >= 11 is 5.86. The van der Waals surface area contributed by atoms with Gasteiger partial charge < -0.3 is 9.84 Å². The van der Waals surface area contributed by atoms with E-state index in [1.54, 1.807) is 24.3 Å². The van der Waals surface area contributed by atoms with E-state index in [1.165, 1.54) is 30.3 Å². The van der Waals surface area contributed by atoms with E-state index in [9.17, 15) is 19.2 Å². The molecule has 0 radical (unpaired) electrons. The van der Waals surface area contributed by atoms with Crippen molar-refractivity contribution in [1.29, 1.82) is 0 Å². The minimum atomic E-state index is -1.12. The molecule has 2 N–H and O–H groups in total. The summed E-state index contributed by atoms with van der Waals surface area (Å²) in [7, 11) is 0. The number of aliphatic carboxylic acids is 1. The maximum atomic E-state index is 12.9. The summed E-state index contributed by atoms with van der Waals surface area (Å²) in [6.45, 7) is 3.15. The topological polar surface area (TPSA) is 113 Å². The minimum absolute atomic E-state index is 0.238. The second kappa shape index (κ2) is 9.27. The molecular formula is C22H17ClN2O6. The highest BCUT2D eigenvalue weighted by molar-refractivity contribution is 6.39. The van der Waals surface area contributed by atoms with E-state index in [4.69, 9.17) is 21.4 Å². The molecule has 1 aliphatic rings. The maximum Gasteiger partial charge on any atom is 0.341 e. The molecule has 3 rings (SSSR count). The number of ether oxygens (including phenoxy) is 1. The molecule has 0 aromatic heterocycles. The molecule has 0 saturated carbocycles. The van der Waals surface area contributed by atoms with E-state index in [-0.39, 0.29) is 11.3 Å². The first-order valence-corrected chi connectivity index (χ1v) is 9.43. The summed E-state index contributed by atoms with van der Waals surface area (Å²) in [5, 5.41) is 11.4. The zero-order valence-corrected chi connectivity index (χ0v) is 16.9. The number of anilines is 1. The highest BCUT2D eigenvalue weighted by atomic mass is 35.5. The van der Waals surface area contributed by atoms with Crippen molar-refractivity contribution in [3.05, 3.63) is 76.8 Å². The Kier molecular flexibility index (Phi) is 6.52. The second-order valence-electron chi connectivity index (χ2n) is 6.48. The van der Waals surface area contributed by atoms with Crippen LogP contribution >= 0.6 is 11.6 Å². The van der Waals surface area contributed by atoms with Gasteiger partial charge >= 0.3 is 12.0 Å². The molecule has 9 heteroatoms. The van der Waals surface area contributed by atoms with Gasteiger partial charge in [0.15, 0.2) is 6.61 Å². The molecule has 0 bridgehead atoms. The number of imide groups is 2. The summed E-state index contributed by atoms with van der Waals surface area (Å²) in [5.74, 6) is -2.38. The van der Waals surface area contributed by atoms with Crippen LogP contribution in [-0.2, 0) is 20.8 Å². The van der Waals surface area contributed by atoms with Crippen molar-refractivity contribution < 1.29 is 29.0 Å². The molecule has 1 aliphatic heterocycles. The van der Waals surface area contributed by atoms with Gasteiger partial charge in [-0.2, -0.15) is 0 Å². The molecular weight excluding hydrogens is 424 g/mol. The summed E-state index contributed by atoms with van der Waals surface area (Å²) in [5.41, 5.74) is 1.14. The van der Waals surface area contributed by atoms with Gasteiger partial charge in [-0.25, -0.2) is 14.5 Å². The number of nitrogens with zero attached hydrogens (tertiary/aromatic N) is 1. The number of carbonyl (C=O) groups excluding carboxylic acids is 3. The number of benzene rings is 2. The normalized spacial score (nSPS) is 15.1. The van der Waals surface area contributed by atoms with Gasteiger partial charge in [0.05, 0.1) is 5.69 Å². The number of hydrogen-bond acceptors (Lipinski definition) is 5. The number of carboxylic acid groups (broad SMARTS) is 1. The number of halogens is 1. The average molecular weight is 441 g/mol. The Morgan fingerprint density at radius 3 is 2.52 bits per heavy atom. The zero-order chi connectivity index (χ0) is 22.5. The van der Waals surface area contributed by atoms with Gasteiger partial charge in [0.1, 0.15) is 11.3 Å². The lowest BCUT2D eigenvalue weighted by atomic mass is 10.0. The monoisotopic (exact) mass is 440 g/mol. The van der Waals surface area contributed by atoms with Gasteiger partial charge in [-0.1, -0.05) is 23.7 Å². The molecule has 0 atom stereocenters. The molecule has 2 aromatic carbocycles. The zero-order valence-electron chi connectivity index (χ0n) is 16.1. The number of amides is 4. The number of barbiturate groups is 1. The SMILES string of the molecule is C=CCc1cc(/C=C2\C(=O)NC(=O)N(c3ccc(Cl)cc3)C2=O)ccc1OCC(=O)O. The summed E-state index contributed by atoms with van der Waals surface area (Å²) < 4.78 is 5.26. The lowest BCUT2D eigenvalue weighted by Crippen LogP contribution is -2.54. The smallest absolute Gasteiger partial charge is 0.341 e. The van der Waals surface area contributed by atoms with Gasteiger partial charge in [0.25, 0.3) is 11.8 Å². The van der Waals surface area contributed by atoms with Gasteiger partial charge in [-0.3, -0.25) is 14.9 Å². The first-order valence-electron chi connectivity index (χ1n) is 9.05. The number of carbonyl (C=O) groups is 4. The van der Waals surface area contributed by atoms with Gasteiger partial charge in [0.2, 0.25) is 0 Å². The summed E-state index contributed by atoms with van der Waals surface area (Å²) in [6.07, 6.45) is 3.33. The second-order valence-corrected chi connectivity index (χ2v) is 6.91. The average Bonchev–Trinajstić information content (AvgIpc) is 2.72. The third-order valence-corrected chi connectivity index (χ3v) is 4.55. The summed E-state index contributed by atoms with van der Waals surface area (Å²) in [4.78, 5) is 49.1. The van der Waals surface area contributed by atoms with Crippen LogP contribution in [0.5, 0.6) is 5.75 Å². The van der Waals surface area contributed by atoms with E-state index in [0.717, 1.165) is 4.90 Å². The molecule has 158 valence electrons. The number of urea groups is 1. The largest absolute Gasteiger partial charge is 0.482 e. The van der Waals surface area contributed by atoms with Crippen LogP contribution < -0.4 is 15.0 Å². The number of nitrogens with one attached hydrogen (secondary N) is 1. The lowest BCUT2D eigenvalue weighted by Gasteiger charge is -2.26. The highest BCUT2D eigenvalue weighted by Gasteiger charge is 2.36. The number of hydrogen-bond donors (Lipinski definition) is 2. The van der Waals surface area contributed by atoms with Crippen molar-refractivity contribution in [3.63, 3.8) is 0 Å². The third kappa shape index (κ3) is 4.99. The van der Waals surface area contributed by atoms with E-state index >= 15 is 0 Å². The molecule has 4 amide bonds. The predicted molar refractivity (Wildman–Crippen MR) is 114 cm³/mol. The molecule has 1 heterocycles. The maximum absolute atomic E-state index is 12.9. The number of carboxylic acids is 1. The molecule has 8 nitrogen and oxygen atoms in total. The number of allylic oxidation sites excluding steroid dienone is 1. The van der Waals surface area contributed by atoms with Crippen molar-refractivity contribution in [3.8, 4) is 5.75 Å². The Balaban J connectivity index is 1.96. The van der Waals surface area contributed by atoms with Crippen LogP contribution in [0.1, 0.15) is 11.1 Å². The van der Waals surface area contributed by atoms with Crippen LogP contribution in [0.2, 0.25) is 5.02 Å². The summed E-state index contributed by atoms with van der Waals surface area (Å²) in [6, 6.07) is 9.92. The van der Waals surface area contributed by atoms with Crippen LogP contribution in [0.15, 0.2) is 60.7 Å². The first-order chi connectivity index (χ1) is 14.8. The third-order valence-electron chi connectivity index (χ3n) is 4.30. The van der Waals surface area contributed by atoms with E-state index in [0.29, 0.717) is 28.3 Å². The lowest BCUT2D eigenvalue weighted by molar-refractivity contribution is -0.139. The van der Waals surface area contributed by atoms with Crippen LogP contribution in [0.4, 0.5) is 10.5 Å². The van der Waals surface area contributed by atoms with Crippen LogP contribution in [0.3, 0.4) is 0 Å². The fourth-order valence-electron chi connectivity index (χ4n) is 2.93. The minimum Gasteiger partial charge on any atom is -0.482 e. The molecule has 1 fully saturated rings. The van der Waals surface area contributed by atoms with Gasteiger partial charge in [-0.15, -0.1) is 6.58 Å². The van der Waals surface area contributed by atoms with E-state index in [2.05, 4.69) is 11.9 Å². The Hall–Kier alpha value is -3.91. The van der Waals surface area contributed by atoms with Gasteiger partial charge in [-0.05, 0) is 60.0 Å².